The number of hydrogen-bond donors (Lipinski definition) is 0. The molecule has 0 bridgehead atoms. The molecule has 0 N–H and O–H groups in total. The monoisotopic (exact) mass is 303 g/mol. The number of benzene rings is 1. The Morgan fingerprint density at radius 3 is 2.36 bits per heavy atom. The molecule has 2 aliphatic heterocycles. The van der Waals surface area contributed by atoms with Gasteiger partial charge in [0.25, 0.3) is 0 Å². The van der Waals surface area contributed by atoms with Crippen molar-refractivity contribution in [2.45, 2.75) is 31.6 Å². The average molecular weight is 303 g/mol. The maximum Gasteiger partial charge on any atom is 0.170 e. The van der Waals surface area contributed by atoms with Crippen LogP contribution in [0.25, 0.3) is 5.32 Å². The highest BCUT2D eigenvalue weighted by molar-refractivity contribution is 5.23. The van der Waals surface area contributed by atoms with Crippen LogP contribution < -0.4 is 0 Å². The van der Waals surface area contributed by atoms with E-state index >= 15 is 0 Å². The van der Waals surface area contributed by atoms with Gasteiger partial charge in [-0.3, -0.25) is 0 Å². The Labute approximate surface area is 133 Å². The van der Waals surface area contributed by atoms with Crippen LogP contribution in [-0.2, 0) is 9.47 Å². The minimum absolute atomic E-state index is 0.270. The van der Waals surface area contributed by atoms with Gasteiger partial charge in [-0.05, 0) is 12.5 Å². The van der Waals surface area contributed by atoms with E-state index < -0.39 is 0 Å². The zero-order valence-corrected chi connectivity index (χ0v) is 13.7. The van der Waals surface area contributed by atoms with Crippen molar-refractivity contribution in [2.24, 2.45) is 5.92 Å². The van der Waals surface area contributed by atoms with E-state index in [9.17, 15) is 0 Å². The Bertz CT molecular complexity index is 449. The minimum Gasteiger partial charge on any atom is -0.658 e. The lowest BCUT2D eigenvalue weighted by Gasteiger charge is -2.42. The molecule has 2 fully saturated rings. The second kappa shape index (κ2) is 7.09. The van der Waals surface area contributed by atoms with E-state index in [-0.39, 0.29) is 11.8 Å². The van der Waals surface area contributed by atoms with E-state index in [2.05, 4.69) is 47.5 Å². The van der Waals surface area contributed by atoms with Crippen molar-refractivity contribution in [3.8, 4) is 0 Å². The molecule has 22 heavy (non-hydrogen) atoms. The topological polar surface area (TPSA) is 35.8 Å². The van der Waals surface area contributed by atoms with Crippen LogP contribution in [0.2, 0.25) is 0 Å². The van der Waals surface area contributed by atoms with E-state index in [0.717, 1.165) is 45.7 Å². The summed E-state index contributed by atoms with van der Waals surface area (Å²) >= 11 is 0. The standard InChI is InChI=1S/C18H27N2O2/c1-15(17(19-2)16-6-4-3-5-7-16)14-20-10-8-18(9-11-20)21-12-13-22-18/h3-7,15,17H,8-14H2,1-2H3/q-1/t15-,17+/m0/s1. The van der Waals surface area contributed by atoms with Gasteiger partial charge in [0, 0.05) is 25.9 Å². The van der Waals surface area contributed by atoms with E-state index in [1.54, 1.807) is 0 Å². The number of ether oxygens (including phenoxy) is 2. The molecule has 0 amide bonds. The van der Waals surface area contributed by atoms with E-state index in [1.807, 2.05) is 7.05 Å². The molecule has 1 spiro atoms. The van der Waals surface area contributed by atoms with Crippen molar-refractivity contribution in [1.82, 2.24) is 4.90 Å². The lowest BCUT2D eigenvalue weighted by Crippen LogP contribution is -2.46. The van der Waals surface area contributed by atoms with Crippen molar-refractivity contribution >= 4 is 0 Å². The molecule has 1 aromatic rings. The van der Waals surface area contributed by atoms with Crippen LogP contribution in [0.1, 0.15) is 31.4 Å². The van der Waals surface area contributed by atoms with Gasteiger partial charge in [-0.25, -0.2) is 0 Å². The Balaban J connectivity index is 1.54. The van der Waals surface area contributed by atoms with Crippen molar-refractivity contribution in [2.75, 3.05) is 39.9 Å². The third kappa shape index (κ3) is 3.51. The Hall–Kier alpha value is -0.940. The first-order valence-corrected chi connectivity index (χ1v) is 8.37. The summed E-state index contributed by atoms with van der Waals surface area (Å²) in [5, 5.41) is 4.62. The summed E-state index contributed by atoms with van der Waals surface area (Å²) in [6.45, 7) is 6.98. The highest BCUT2D eigenvalue weighted by Gasteiger charge is 2.39. The van der Waals surface area contributed by atoms with Gasteiger partial charge in [-0.15, -0.1) is 6.04 Å². The Kier molecular flexibility index (Phi) is 5.14. The fraction of sp³-hybridized carbons (Fsp3) is 0.667. The Morgan fingerprint density at radius 2 is 1.77 bits per heavy atom. The molecule has 0 unspecified atom stereocenters. The molecule has 0 aliphatic carbocycles. The molecule has 1 aromatic carbocycles. The highest BCUT2D eigenvalue weighted by Crippen LogP contribution is 2.33. The normalized spacial score (nSPS) is 24.5. The number of hydrogen-bond acceptors (Lipinski definition) is 3. The lowest BCUT2D eigenvalue weighted by atomic mass is 9.93. The minimum atomic E-state index is -0.270. The van der Waals surface area contributed by atoms with Crippen LogP contribution >= 0.6 is 0 Å². The summed E-state index contributed by atoms with van der Waals surface area (Å²) in [6.07, 6.45) is 1.97. The van der Waals surface area contributed by atoms with Crippen molar-refractivity contribution in [3.05, 3.63) is 41.2 Å². The smallest absolute Gasteiger partial charge is 0.170 e. The zero-order chi connectivity index (χ0) is 15.4. The second-order valence-corrected chi connectivity index (χ2v) is 6.50. The molecule has 4 nitrogen and oxygen atoms in total. The van der Waals surface area contributed by atoms with Gasteiger partial charge in [0.2, 0.25) is 0 Å². The lowest BCUT2D eigenvalue weighted by molar-refractivity contribution is -0.185. The van der Waals surface area contributed by atoms with Crippen LogP contribution in [0.3, 0.4) is 0 Å². The first-order valence-electron chi connectivity index (χ1n) is 8.37. The van der Waals surface area contributed by atoms with Crippen molar-refractivity contribution in [3.63, 3.8) is 0 Å². The van der Waals surface area contributed by atoms with Gasteiger partial charge >= 0.3 is 0 Å². The molecule has 0 radical (unpaired) electrons. The predicted octanol–water partition coefficient (Wildman–Crippen LogP) is 3.21. The Morgan fingerprint density at radius 1 is 1.14 bits per heavy atom. The summed E-state index contributed by atoms with van der Waals surface area (Å²) < 4.78 is 11.6. The van der Waals surface area contributed by atoms with E-state index in [4.69, 9.17) is 9.47 Å². The van der Waals surface area contributed by atoms with Crippen LogP contribution in [0, 0.1) is 5.92 Å². The van der Waals surface area contributed by atoms with Gasteiger partial charge in [-0.2, -0.15) is 7.05 Å². The first kappa shape index (κ1) is 15.9. The average Bonchev–Trinajstić information content (AvgIpc) is 3.00. The predicted molar refractivity (Wildman–Crippen MR) is 87.9 cm³/mol. The van der Waals surface area contributed by atoms with Crippen LogP contribution in [-0.4, -0.2) is 50.6 Å². The molecule has 4 heteroatoms. The summed E-state index contributed by atoms with van der Waals surface area (Å²) in [7, 11) is 1.93. The van der Waals surface area contributed by atoms with Gasteiger partial charge < -0.3 is 19.7 Å². The van der Waals surface area contributed by atoms with Crippen LogP contribution in [0.4, 0.5) is 0 Å². The number of rotatable bonds is 5. The highest BCUT2D eigenvalue weighted by atomic mass is 16.7. The number of piperidine rings is 1. The largest absolute Gasteiger partial charge is 0.658 e. The van der Waals surface area contributed by atoms with Crippen LogP contribution in [0.5, 0.6) is 0 Å². The molecule has 3 rings (SSSR count). The quantitative estimate of drug-likeness (QED) is 0.838. The molecule has 122 valence electrons. The van der Waals surface area contributed by atoms with Crippen LogP contribution in [0.15, 0.2) is 30.3 Å². The fourth-order valence-corrected chi connectivity index (χ4v) is 3.75. The summed E-state index contributed by atoms with van der Waals surface area (Å²) in [5.74, 6) is 0.236. The molecule has 2 heterocycles. The van der Waals surface area contributed by atoms with Gasteiger partial charge in [-0.1, -0.05) is 42.8 Å². The van der Waals surface area contributed by atoms with E-state index in [0.29, 0.717) is 5.92 Å². The third-order valence-electron chi connectivity index (χ3n) is 4.94. The third-order valence-corrected chi connectivity index (χ3v) is 4.94. The second-order valence-electron chi connectivity index (χ2n) is 6.50. The zero-order valence-electron chi connectivity index (χ0n) is 13.7. The first-order chi connectivity index (χ1) is 10.7. The number of nitrogens with zero attached hydrogens (tertiary/aromatic N) is 2. The van der Waals surface area contributed by atoms with Crippen molar-refractivity contribution < 1.29 is 9.47 Å². The fourth-order valence-electron chi connectivity index (χ4n) is 3.75. The molecule has 0 aromatic heterocycles. The summed E-state index contributed by atoms with van der Waals surface area (Å²) in [4.78, 5) is 2.53. The molecular formula is C18H27N2O2-. The molecular weight excluding hydrogens is 276 g/mol. The van der Waals surface area contributed by atoms with Gasteiger partial charge in [0.15, 0.2) is 5.79 Å². The molecule has 2 atom stereocenters. The summed E-state index contributed by atoms with van der Waals surface area (Å²) in [5.41, 5.74) is 1.31. The number of likely N-dealkylation sites (tertiary alicyclic amines) is 1. The maximum atomic E-state index is 5.81. The van der Waals surface area contributed by atoms with E-state index in [1.165, 1.54) is 5.56 Å². The maximum absolute atomic E-state index is 5.81. The van der Waals surface area contributed by atoms with Crippen molar-refractivity contribution in [1.29, 1.82) is 0 Å². The van der Waals surface area contributed by atoms with Gasteiger partial charge in [0.1, 0.15) is 0 Å². The van der Waals surface area contributed by atoms with Gasteiger partial charge in [0.05, 0.1) is 13.2 Å². The SMILES string of the molecule is C[N-][C@@H](c1ccccc1)[C@@H](C)CN1CCC2(CC1)OCCO2. The molecule has 0 saturated carbocycles. The molecule has 2 aliphatic rings. The molecule has 2 saturated heterocycles. The summed E-state index contributed by atoms with van der Waals surface area (Å²) in [6, 6.07) is 10.9.